The zero-order chi connectivity index (χ0) is 14.7. The van der Waals surface area contributed by atoms with E-state index >= 15 is 0 Å². The Balaban J connectivity index is 2.31. The molecular weight excluding hydrogens is 333 g/mol. The van der Waals surface area contributed by atoms with Gasteiger partial charge >= 0.3 is 0 Å². The average molecular weight is 347 g/mol. The Morgan fingerprint density at radius 2 is 1.65 bits per heavy atom. The van der Waals surface area contributed by atoms with Crippen LogP contribution in [0, 0.1) is 0 Å². The van der Waals surface area contributed by atoms with Crippen molar-refractivity contribution in [3.63, 3.8) is 0 Å². The van der Waals surface area contributed by atoms with Gasteiger partial charge in [-0.1, -0.05) is 53.0 Å². The second-order valence-electron chi connectivity index (χ2n) is 4.49. The predicted molar refractivity (Wildman–Crippen MR) is 90.2 cm³/mol. The van der Waals surface area contributed by atoms with E-state index in [-0.39, 0.29) is 11.3 Å². The molecule has 0 heterocycles. The molecule has 0 saturated heterocycles. The predicted octanol–water partition coefficient (Wildman–Crippen LogP) is 5.83. The maximum absolute atomic E-state index is 6.27. The monoisotopic (exact) mass is 345 g/mol. The van der Waals surface area contributed by atoms with Crippen LogP contribution in [0.25, 0.3) is 0 Å². The van der Waals surface area contributed by atoms with E-state index < -0.39 is 0 Å². The summed E-state index contributed by atoms with van der Waals surface area (Å²) in [7, 11) is 0. The zero-order valence-corrected chi connectivity index (χ0v) is 13.9. The molecular formula is C15H14Cl3NS. The fourth-order valence-corrected chi connectivity index (χ4v) is 3.71. The lowest BCUT2D eigenvalue weighted by Gasteiger charge is -2.22. The van der Waals surface area contributed by atoms with Crippen LogP contribution in [-0.2, 0) is 0 Å². The van der Waals surface area contributed by atoms with Gasteiger partial charge in [0.25, 0.3) is 0 Å². The Hall–Kier alpha value is -0.380. The van der Waals surface area contributed by atoms with Gasteiger partial charge in [0, 0.05) is 16.0 Å². The molecule has 2 rings (SSSR count). The van der Waals surface area contributed by atoms with Crippen LogP contribution in [0.4, 0.5) is 0 Å². The number of thioether (sulfide) groups is 1. The van der Waals surface area contributed by atoms with Crippen LogP contribution in [0.3, 0.4) is 0 Å². The van der Waals surface area contributed by atoms with E-state index in [9.17, 15) is 0 Å². The second-order valence-corrected chi connectivity index (χ2v) is 6.93. The molecule has 1 nitrogen and oxygen atoms in total. The van der Waals surface area contributed by atoms with Gasteiger partial charge in [0.1, 0.15) is 0 Å². The fourth-order valence-electron chi connectivity index (χ4n) is 1.86. The van der Waals surface area contributed by atoms with Gasteiger partial charge in [0.15, 0.2) is 0 Å². The molecule has 0 aromatic heterocycles. The molecule has 2 aromatic carbocycles. The van der Waals surface area contributed by atoms with Crippen LogP contribution in [0.1, 0.15) is 17.7 Å². The van der Waals surface area contributed by atoms with E-state index in [2.05, 4.69) is 0 Å². The van der Waals surface area contributed by atoms with Crippen LogP contribution in [0.5, 0.6) is 0 Å². The minimum Gasteiger partial charge on any atom is -0.327 e. The third-order valence-electron chi connectivity index (χ3n) is 2.84. The molecule has 0 saturated carbocycles. The van der Waals surface area contributed by atoms with Gasteiger partial charge in [0.2, 0.25) is 0 Å². The van der Waals surface area contributed by atoms with Crippen LogP contribution >= 0.6 is 46.6 Å². The summed E-state index contributed by atoms with van der Waals surface area (Å²) in [5.41, 5.74) is 7.14. The largest absolute Gasteiger partial charge is 0.327 e. The van der Waals surface area contributed by atoms with Gasteiger partial charge in [-0.15, -0.1) is 11.8 Å². The molecule has 0 aliphatic rings. The van der Waals surface area contributed by atoms with Crippen LogP contribution < -0.4 is 5.73 Å². The molecule has 0 radical (unpaired) electrons. The minimum absolute atomic E-state index is 0.0469. The summed E-state index contributed by atoms with van der Waals surface area (Å²) in [6.45, 7) is 1.97. The molecule has 2 atom stereocenters. The summed E-state index contributed by atoms with van der Waals surface area (Å²) in [6.07, 6.45) is 0. The maximum atomic E-state index is 6.27. The summed E-state index contributed by atoms with van der Waals surface area (Å²) >= 11 is 19.9. The van der Waals surface area contributed by atoms with E-state index in [1.165, 1.54) is 0 Å². The smallest absolute Gasteiger partial charge is 0.0603 e. The van der Waals surface area contributed by atoms with Crippen molar-refractivity contribution in [2.75, 3.05) is 0 Å². The highest BCUT2D eigenvalue weighted by Gasteiger charge is 2.20. The first-order valence-electron chi connectivity index (χ1n) is 6.10. The maximum Gasteiger partial charge on any atom is 0.0603 e. The van der Waals surface area contributed by atoms with Gasteiger partial charge in [-0.05, 0) is 36.8 Å². The van der Waals surface area contributed by atoms with Crippen molar-refractivity contribution in [3.05, 3.63) is 63.1 Å². The first-order chi connectivity index (χ1) is 9.49. The van der Waals surface area contributed by atoms with E-state index in [1.807, 2.05) is 43.3 Å². The van der Waals surface area contributed by atoms with Crippen molar-refractivity contribution in [1.82, 2.24) is 0 Å². The van der Waals surface area contributed by atoms with Crippen LogP contribution in [0.15, 0.2) is 47.4 Å². The molecule has 0 aliphatic carbocycles. The van der Waals surface area contributed by atoms with Crippen molar-refractivity contribution < 1.29 is 0 Å². The number of nitrogens with two attached hydrogens (primary N) is 1. The van der Waals surface area contributed by atoms with Gasteiger partial charge in [-0.3, -0.25) is 0 Å². The van der Waals surface area contributed by atoms with Gasteiger partial charge < -0.3 is 5.73 Å². The SMILES string of the molecule is CC(N)C(Sc1ccc(Cl)c(Cl)c1)c1ccccc1Cl. The molecule has 0 fully saturated rings. The molecule has 0 amide bonds. The molecule has 106 valence electrons. The standard InChI is InChI=1S/C15H14Cl3NS/c1-9(19)15(11-4-2-3-5-12(11)16)20-10-6-7-13(17)14(18)8-10/h2-9,15H,19H2,1H3. The molecule has 2 N–H and O–H groups in total. The number of benzene rings is 2. The van der Waals surface area contributed by atoms with E-state index in [0.29, 0.717) is 10.0 Å². The lowest BCUT2D eigenvalue weighted by molar-refractivity contribution is 0.721. The van der Waals surface area contributed by atoms with Gasteiger partial charge in [0.05, 0.1) is 15.3 Å². The molecule has 0 spiro atoms. The van der Waals surface area contributed by atoms with Gasteiger partial charge in [-0.25, -0.2) is 0 Å². The lowest BCUT2D eigenvalue weighted by Crippen LogP contribution is -2.22. The van der Waals surface area contributed by atoms with E-state index in [4.69, 9.17) is 40.5 Å². The Bertz CT molecular complexity index is 601. The first kappa shape index (κ1) is 16.0. The topological polar surface area (TPSA) is 26.0 Å². The molecule has 0 bridgehead atoms. The number of halogens is 3. The Kier molecular flexibility index (Phi) is 5.65. The van der Waals surface area contributed by atoms with Crippen molar-refractivity contribution in [3.8, 4) is 0 Å². The van der Waals surface area contributed by atoms with Crippen LogP contribution in [0.2, 0.25) is 15.1 Å². The normalized spacial score (nSPS) is 14.1. The number of rotatable bonds is 4. The molecule has 2 unspecified atom stereocenters. The Labute approximate surface area is 138 Å². The minimum atomic E-state index is -0.0469. The van der Waals surface area contributed by atoms with E-state index in [1.54, 1.807) is 17.8 Å². The highest BCUT2D eigenvalue weighted by molar-refractivity contribution is 7.99. The first-order valence-corrected chi connectivity index (χ1v) is 8.12. The Morgan fingerprint density at radius 1 is 0.950 bits per heavy atom. The van der Waals surface area contributed by atoms with Crippen LogP contribution in [-0.4, -0.2) is 6.04 Å². The second kappa shape index (κ2) is 7.06. The molecule has 2 aromatic rings. The van der Waals surface area contributed by atoms with Crippen molar-refractivity contribution in [1.29, 1.82) is 0 Å². The lowest BCUT2D eigenvalue weighted by atomic mass is 10.1. The highest BCUT2D eigenvalue weighted by Crippen LogP contribution is 2.41. The fraction of sp³-hybridized carbons (Fsp3) is 0.200. The van der Waals surface area contributed by atoms with Crippen molar-refractivity contribution in [2.24, 2.45) is 5.73 Å². The summed E-state index contributed by atoms with van der Waals surface area (Å²) in [5, 5.41) is 1.87. The zero-order valence-electron chi connectivity index (χ0n) is 10.8. The van der Waals surface area contributed by atoms with Crippen molar-refractivity contribution in [2.45, 2.75) is 23.1 Å². The molecule has 5 heteroatoms. The third kappa shape index (κ3) is 3.84. The summed E-state index contributed by atoms with van der Waals surface area (Å²) in [6, 6.07) is 13.3. The summed E-state index contributed by atoms with van der Waals surface area (Å²) < 4.78 is 0. The van der Waals surface area contributed by atoms with Crippen molar-refractivity contribution >= 4 is 46.6 Å². The number of hydrogen-bond acceptors (Lipinski definition) is 2. The van der Waals surface area contributed by atoms with Gasteiger partial charge in [-0.2, -0.15) is 0 Å². The Morgan fingerprint density at radius 3 is 2.25 bits per heavy atom. The molecule has 0 aliphatic heterocycles. The van der Waals surface area contributed by atoms with E-state index in [0.717, 1.165) is 15.5 Å². The number of hydrogen-bond donors (Lipinski definition) is 1. The quantitative estimate of drug-likeness (QED) is 0.705. The third-order valence-corrected chi connectivity index (χ3v) is 5.39. The molecule has 20 heavy (non-hydrogen) atoms. The summed E-state index contributed by atoms with van der Waals surface area (Å²) in [5.74, 6) is 0. The average Bonchev–Trinajstić information content (AvgIpc) is 2.41. The highest BCUT2D eigenvalue weighted by atomic mass is 35.5. The summed E-state index contributed by atoms with van der Waals surface area (Å²) in [4.78, 5) is 1.02.